The number of hydrogen-bond acceptors (Lipinski definition) is 26. The zero-order valence-electron chi connectivity index (χ0n) is 74.5. The van der Waals surface area contributed by atoms with Crippen LogP contribution in [0.3, 0.4) is 0 Å². The van der Waals surface area contributed by atoms with Crippen molar-refractivity contribution in [3.8, 4) is 55.6 Å². The van der Waals surface area contributed by atoms with E-state index < -0.39 is 10.8 Å². The largest absolute Gasteiger partial charge is 0.370 e. The summed E-state index contributed by atoms with van der Waals surface area (Å²) in [6.07, 6.45) is 17.9. The molecule has 690 valence electrons. The van der Waals surface area contributed by atoms with E-state index in [1.54, 1.807) is 85.8 Å². The lowest BCUT2D eigenvalue weighted by Crippen LogP contribution is -2.44. The van der Waals surface area contributed by atoms with Gasteiger partial charge in [0.05, 0.1) is 22.6 Å². The van der Waals surface area contributed by atoms with E-state index in [0.29, 0.717) is 152 Å². The maximum Gasteiger partial charge on any atom is 0.260 e. The summed E-state index contributed by atoms with van der Waals surface area (Å²) in [6, 6.07) is 45.8. The van der Waals surface area contributed by atoms with Gasteiger partial charge in [-0.1, -0.05) is 148 Å². The van der Waals surface area contributed by atoms with Gasteiger partial charge in [-0.15, -0.1) is 0 Å². The van der Waals surface area contributed by atoms with E-state index in [2.05, 4.69) is 177 Å². The van der Waals surface area contributed by atoms with Crippen LogP contribution in [-0.4, -0.2) is 190 Å². The third-order valence-corrected chi connectivity index (χ3v) is 26.7. The molecule has 16 aromatic rings. The monoisotopic (exact) mass is 2120 g/mol. The maximum atomic E-state index is 13.6. The third-order valence-electron chi connectivity index (χ3n) is 22.2. The Morgan fingerprint density at radius 1 is 0.425 bits per heavy atom. The second kappa shape index (κ2) is 45.4. The number of piperazine rings is 2. The molecule has 0 bridgehead atoms. The first-order valence-corrected chi connectivity index (χ1v) is 50.5. The van der Waals surface area contributed by atoms with Gasteiger partial charge < -0.3 is 35.6 Å². The number of aromatic amines is 1. The first-order valence-electron chi connectivity index (χ1n) is 42.6. The minimum atomic E-state index is -1.31. The number of nitrogens with one attached hydrogen (secondary N) is 4. The van der Waals surface area contributed by atoms with E-state index in [1.165, 1.54) is 47.4 Å². The van der Waals surface area contributed by atoms with Crippen molar-refractivity contribution in [2.24, 2.45) is 0 Å². The molecule has 0 aliphatic carbocycles. The highest BCUT2D eigenvalue weighted by Crippen LogP contribution is 2.37. The molecule has 2 fully saturated rings. The van der Waals surface area contributed by atoms with Crippen LogP contribution in [0.4, 0.5) is 40.5 Å². The highest BCUT2D eigenvalue weighted by atomic mass is 79.9. The fourth-order valence-corrected chi connectivity index (χ4v) is 18.8. The second-order valence-corrected chi connectivity index (χ2v) is 37.9. The number of nitrogens with zero attached hydrogens (tertiary/aromatic N) is 19. The lowest BCUT2D eigenvalue weighted by atomic mass is 10.0. The van der Waals surface area contributed by atoms with Gasteiger partial charge in [-0.05, 0) is 182 Å². The first kappa shape index (κ1) is 98.8. The summed E-state index contributed by atoms with van der Waals surface area (Å²) in [5.41, 5.74) is 13.0. The van der Waals surface area contributed by atoms with Crippen LogP contribution in [0.25, 0.3) is 99.8 Å². The minimum absolute atomic E-state index is 0.102. The molecule has 134 heavy (non-hydrogen) atoms. The number of aryl methyl sites for hydroxylation is 4. The summed E-state index contributed by atoms with van der Waals surface area (Å²) in [4.78, 5) is 116. The van der Waals surface area contributed by atoms with Crippen LogP contribution in [0.2, 0.25) is 20.1 Å². The smallest absolute Gasteiger partial charge is 0.260 e. The number of likely N-dealkylation sites (N-methyl/N-ethyl adjacent to an activating group) is 2. The predicted octanol–water partition coefficient (Wildman–Crippen LogP) is 20.1. The number of hydrogen-bond donors (Lipinski definition) is 4. The second-order valence-electron chi connectivity index (χ2n) is 30.7. The van der Waals surface area contributed by atoms with Crippen LogP contribution in [-0.2, 0) is 37.0 Å². The Morgan fingerprint density at radius 3 is 1.15 bits per heavy atom. The molecule has 12 heterocycles. The maximum absolute atomic E-state index is 13.6. The van der Waals surface area contributed by atoms with Crippen LogP contribution >= 0.6 is 118 Å². The number of carbonyl (C=O) groups excluding carboxylic acids is 1. The number of rotatable bonds is 21. The Morgan fingerprint density at radius 2 is 0.791 bits per heavy atom. The summed E-state index contributed by atoms with van der Waals surface area (Å²) in [5.74, 6) is 1.49. The Balaban J connectivity index is 0.000000140. The Kier molecular flexibility index (Phi) is 33.5. The molecule has 0 amide bonds. The van der Waals surface area contributed by atoms with Crippen molar-refractivity contribution in [1.29, 1.82) is 0 Å². The lowest BCUT2D eigenvalue weighted by Gasteiger charge is -2.34. The molecule has 39 heteroatoms. The lowest BCUT2D eigenvalue weighted by molar-refractivity contribution is 0.112. The van der Waals surface area contributed by atoms with Crippen LogP contribution < -0.4 is 48.0 Å². The summed E-state index contributed by atoms with van der Waals surface area (Å²) >= 11 is 38.8. The highest BCUT2D eigenvalue weighted by molar-refractivity contribution is 9.11. The van der Waals surface area contributed by atoms with E-state index in [-0.39, 0.29) is 27.4 Å². The molecule has 0 radical (unpaired) electrons. The number of aromatic nitrogens is 16. The molecule has 2 aliphatic rings. The van der Waals surface area contributed by atoms with Gasteiger partial charge in [0, 0.05) is 256 Å². The molecule has 4 N–H and O–H groups in total. The third kappa shape index (κ3) is 23.1. The zero-order chi connectivity index (χ0) is 95.1. The summed E-state index contributed by atoms with van der Waals surface area (Å²) in [7, 11) is 3.00. The van der Waals surface area contributed by atoms with Crippen molar-refractivity contribution in [2.45, 2.75) is 76.3 Å². The van der Waals surface area contributed by atoms with Gasteiger partial charge in [0.2, 0.25) is 17.1 Å². The van der Waals surface area contributed by atoms with Gasteiger partial charge in [0.1, 0.15) is 28.4 Å². The molecule has 29 nitrogen and oxygen atoms in total. The van der Waals surface area contributed by atoms with E-state index >= 15 is 0 Å². The van der Waals surface area contributed by atoms with Crippen molar-refractivity contribution < 1.29 is 9.00 Å². The Hall–Kier alpha value is -11.2. The first-order chi connectivity index (χ1) is 64.7. The summed E-state index contributed by atoms with van der Waals surface area (Å²) in [6.45, 7) is 20.6. The number of thioether (sulfide) groups is 2. The number of benzene rings is 6. The number of fused-ring (bicyclic) bond motifs is 4. The number of anilines is 7. The standard InChI is InChI=1S/C29H29ClN8O.C26H26BrClN6O.C16H13BrClN3O2S.C16H13BrClN3OS.C8H11N3OS/c1-3-38-27-20(14-25(28(38)39)24-9-4-19(15-26(24)30)21-17-32-33-18-21)16-31-29(35-27)34-22-5-7-23(8-6-22)37-12-10-36(2)11-13-37;1-3-34-24-17(14-22(25(34)35)21-9-4-18(27)15-23(21)28)16-29-26(31-24)30-19-5-7-20(8-6-19)33-12-10-32(2)11-13-33;1-3-21-14-9(8-19-16(20-14)24(2)23)6-12(15(21)22)11-5-4-10(17)7-13(11)18;1-3-21-14-9(8-19-16(20-14)23-2)6-12(15(21)22)11-5-4-10(17)7-13(11)18;1-3-9-7-6(5-12)4-10-8(11-7)13-2/h4-9,14-18H,3,10-13H2,1-2H3,(H,32,33)(H,31,34,35);4-9,14-16H,3,10-13H2,1-2H3,(H,29,30,31);4-8H,3H2,1-2H3;4-8H,3H2,1-2H3;4-5H,3H2,1-2H3,(H,9,10,11). The molecule has 0 saturated carbocycles. The molecular formula is C95H92Br3Cl4N23O6S3. The van der Waals surface area contributed by atoms with Crippen molar-refractivity contribution in [3.05, 3.63) is 269 Å². The molecule has 1 atom stereocenters. The van der Waals surface area contributed by atoms with Gasteiger partial charge in [-0.3, -0.25) is 51.5 Å². The quantitative estimate of drug-likeness (QED) is 0.0295. The number of halogens is 7. The fourth-order valence-electron chi connectivity index (χ4n) is 15.1. The molecule has 2 aliphatic heterocycles. The molecule has 2 saturated heterocycles. The predicted molar refractivity (Wildman–Crippen MR) is 557 cm³/mol. The van der Waals surface area contributed by atoms with Crippen molar-refractivity contribution in [2.75, 3.05) is 118 Å². The number of carbonyl (C=O) groups is 1. The van der Waals surface area contributed by atoms with Crippen LogP contribution in [0.15, 0.2) is 237 Å². The minimum Gasteiger partial charge on any atom is -0.370 e. The number of H-pyrrole nitrogens is 1. The molecule has 18 rings (SSSR count). The van der Waals surface area contributed by atoms with Gasteiger partial charge in [0.15, 0.2) is 16.6 Å². The van der Waals surface area contributed by atoms with E-state index in [9.17, 15) is 28.2 Å². The normalized spacial score (nSPS) is 13.0. The van der Waals surface area contributed by atoms with Crippen molar-refractivity contribution >= 4 is 219 Å². The van der Waals surface area contributed by atoms with E-state index in [0.717, 1.165) is 117 Å². The molecular weight excluding hydrogens is 2040 g/mol. The van der Waals surface area contributed by atoms with Gasteiger partial charge >= 0.3 is 0 Å². The topological polar surface area (TPSA) is 329 Å². The van der Waals surface area contributed by atoms with Gasteiger partial charge in [-0.25, -0.2) is 39.9 Å². The van der Waals surface area contributed by atoms with E-state index in [4.69, 9.17) is 51.4 Å². The van der Waals surface area contributed by atoms with Gasteiger partial charge in [0.25, 0.3) is 22.2 Å². The SMILES string of the molecule is CCNc1nc(SC)ncc1C=O.CCn1c(=O)c(-c2ccc(-c3cn[nH]c3)cc2Cl)cc2cnc(Nc3ccc(N4CCN(C)CC4)cc3)nc21.CCn1c(=O)c(-c2ccc(Br)cc2Cl)cc2cnc(Nc3ccc(N4CCN(C)CC4)cc3)nc21.CCn1c(=O)c(-c2ccc(Br)cc2Cl)cc2cnc(S(C)=O)nc21.CCn1c(=O)c(-c2ccc(Br)cc2Cl)cc2cnc(SC)nc21. The average Bonchev–Trinajstić information content (AvgIpc) is 0.806. The van der Waals surface area contributed by atoms with Crippen molar-refractivity contribution in [3.63, 3.8) is 0 Å². The number of pyridine rings is 4. The average molecular weight is 2130 g/mol. The summed E-state index contributed by atoms with van der Waals surface area (Å²) < 4.78 is 20.7. The van der Waals surface area contributed by atoms with Crippen LogP contribution in [0.5, 0.6) is 0 Å². The molecule has 10 aromatic heterocycles. The molecule has 0 spiro atoms. The summed E-state index contributed by atoms with van der Waals surface area (Å²) in [5, 5.41) is 23.0. The number of aldehydes is 1. The highest BCUT2D eigenvalue weighted by Gasteiger charge is 2.24. The van der Waals surface area contributed by atoms with Crippen molar-refractivity contribution in [1.82, 2.24) is 88.1 Å². The zero-order valence-corrected chi connectivity index (χ0v) is 84.7. The van der Waals surface area contributed by atoms with Crippen LogP contribution in [0, 0.1) is 0 Å². The molecule has 6 aromatic carbocycles. The van der Waals surface area contributed by atoms with Gasteiger partial charge in [-0.2, -0.15) is 15.1 Å². The van der Waals surface area contributed by atoms with E-state index in [1.807, 2.05) is 138 Å². The fraction of sp³-hybridized carbons (Fsp3) is 0.242. The Labute approximate surface area is 828 Å². The Bertz CT molecular complexity index is 7300. The van der Waals surface area contributed by atoms with Crippen LogP contribution in [0.1, 0.15) is 45.0 Å². The molecule has 1 unspecified atom stereocenters.